The van der Waals surface area contributed by atoms with Crippen molar-refractivity contribution < 1.29 is 9.72 Å². The Kier molecular flexibility index (Phi) is 5.22. The lowest BCUT2D eigenvalue weighted by Gasteiger charge is -2.14. The topological polar surface area (TPSA) is 84.3 Å². The number of non-ortho nitro benzene ring substituents is 1. The van der Waals surface area contributed by atoms with Gasteiger partial charge < -0.3 is 10.6 Å². The Hall–Kier alpha value is -2.25. The molecule has 24 heavy (non-hydrogen) atoms. The number of rotatable bonds is 5. The first-order valence-corrected chi connectivity index (χ1v) is 8.80. The maximum atomic E-state index is 11.9. The first-order valence-electron chi connectivity index (χ1n) is 7.98. The average molecular weight is 345 g/mol. The van der Waals surface area contributed by atoms with E-state index in [-0.39, 0.29) is 22.6 Å². The minimum atomic E-state index is -0.385. The van der Waals surface area contributed by atoms with Gasteiger partial charge in [-0.3, -0.25) is 14.9 Å². The number of carbonyl (C=O) groups is 1. The Bertz CT molecular complexity index is 744. The van der Waals surface area contributed by atoms with Crippen LogP contribution in [0.5, 0.6) is 0 Å². The highest BCUT2D eigenvalue weighted by Crippen LogP contribution is 2.30. The molecule has 0 radical (unpaired) electrons. The van der Waals surface area contributed by atoms with Gasteiger partial charge in [-0.1, -0.05) is 12.1 Å². The number of nitro benzene ring substituents is 1. The smallest absolute Gasteiger partial charge is 0.270 e. The van der Waals surface area contributed by atoms with Crippen LogP contribution in [0.25, 0.3) is 10.4 Å². The second kappa shape index (κ2) is 7.55. The van der Waals surface area contributed by atoms with Gasteiger partial charge in [0.2, 0.25) is 5.91 Å². The lowest BCUT2D eigenvalue weighted by Crippen LogP contribution is -2.42. The van der Waals surface area contributed by atoms with Crippen LogP contribution in [-0.2, 0) is 11.3 Å². The normalized spacial score (nSPS) is 18.0. The number of nitro groups is 1. The van der Waals surface area contributed by atoms with E-state index in [2.05, 4.69) is 10.6 Å². The van der Waals surface area contributed by atoms with Gasteiger partial charge in [0.05, 0.1) is 11.0 Å². The molecule has 0 bridgehead atoms. The highest BCUT2D eigenvalue weighted by Gasteiger charge is 2.20. The molecular weight excluding hydrogens is 326 g/mol. The van der Waals surface area contributed by atoms with Crippen molar-refractivity contribution in [1.82, 2.24) is 10.6 Å². The van der Waals surface area contributed by atoms with Crippen molar-refractivity contribution in [2.45, 2.75) is 31.8 Å². The first-order chi connectivity index (χ1) is 11.6. The summed E-state index contributed by atoms with van der Waals surface area (Å²) < 4.78 is 0. The number of amides is 1. The van der Waals surface area contributed by atoms with Crippen LogP contribution in [0.3, 0.4) is 0 Å². The van der Waals surface area contributed by atoms with E-state index in [9.17, 15) is 14.9 Å². The molecule has 1 amide bonds. The summed E-state index contributed by atoms with van der Waals surface area (Å²) in [5, 5.41) is 17.1. The van der Waals surface area contributed by atoms with Crippen LogP contribution in [0.4, 0.5) is 5.69 Å². The van der Waals surface area contributed by atoms with Crippen LogP contribution < -0.4 is 10.6 Å². The third-order valence-electron chi connectivity index (χ3n) is 4.06. The molecule has 1 fully saturated rings. The molecular formula is C17H19N3O3S. The maximum absolute atomic E-state index is 11.9. The molecule has 1 aromatic carbocycles. The standard InChI is InChI=1S/C17H19N3O3S/c21-17-15(6-1-2-9-18-17)19-11-14-7-8-16(24-14)12-4-3-5-13(10-12)20(22)23/h3-5,7-8,10,15,19H,1-2,6,9,11H2,(H,18,21)/t15-/m0/s1. The predicted octanol–water partition coefficient (Wildman–Crippen LogP) is 3.08. The van der Waals surface area contributed by atoms with Gasteiger partial charge in [0.15, 0.2) is 0 Å². The van der Waals surface area contributed by atoms with Crippen molar-refractivity contribution in [3.63, 3.8) is 0 Å². The molecule has 2 heterocycles. The van der Waals surface area contributed by atoms with Gasteiger partial charge in [-0.2, -0.15) is 0 Å². The fourth-order valence-corrected chi connectivity index (χ4v) is 3.71. The van der Waals surface area contributed by atoms with E-state index in [0.717, 1.165) is 41.1 Å². The van der Waals surface area contributed by atoms with E-state index >= 15 is 0 Å². The van der Waals surface area contributed by atoms with Crippen molar-refractivity contribution >= 4 is 22.9 Å². The van der Waals surface area contributed by atoms with E-state index < -0.39 is 0 Å². The molecule has 1 aliphatic heterocycles. The van der Waals surface area contributed by atoms with E-state index in [1.165, 1.54) is 6.07 Å². The Morgan fingerprint density at radius 1 is 1.29 bits per heavy atom. The van der Waals surface area contributed by atoms with E-state index in [1.807, 2.05) is 18.2 Å². The lowest BCUT2D eigenvalue weighted by atomic mass is 10.1. The Morgan fingerprint density at radius 3 is 3.00 bits per heavy atom. The van der Waals surface area contributed by atoms with Crippen molar-refractivity contribution in [1.29, 1.82) is 0 Å². The summed E-state index contributed by atoms with van der Waals surface area (Å²) in [6.45, 7) is 1.38. The molecule has 126 valence electrons. The summed E-state index contributed by atoms with van der Waals surface area (Å²) >= 11 is 1.58. The highest BCUT2D eigenvalue weighted by molar-refractivity contribution is 7.15. The third-order valence-corrected chi connectivity index (χ3v) is 5.20. The quantitative estimate of drug-likeness (QED) is 0.644. The van der Waals surface area contributed by atoms with Crippen molar-refractivity contribution in [3.8, 4) is 10.4 Å². The fourth-order valence-electron chi connectivity index (χ4n) is 2.76. The zero-order valence-electron chi connectivity index (χ0n) is 13.2. The number of thiophene rings is 1. The maximum Gasteiger partial charge on any atom is 0.270 e. The number of nitrogens with one attached hydrogen (secondary N) is 2. The van der Waals surface area contributed by atoms with Crippen LogP contribution in [-0.4, -0.2) is 23.4 Å². The Labute approximate surface area is 144 Å². The first kappa shape index (κ1) is 16.6. The zero-order chi connectivity index (χ0) is 16.9. The van der Waals surface area contributed by atoms with Gasteiger partial charge in [0.25, 0.3) is 5.69 Å². The molecule has 0 spiro atoms. The second-order valence-electron chi connectivity index (χ2n) is 5.79. The Morgan fingerprint density at radius 2 is 2.17 bits per heavy atom. The summed E-state index contributed by atoms with van der Waals surface area (Å²) in [7, 11) is 0. The van der Waals surface area contributed by atoms with E-state index in [4.69, 9.17) is 0 Å². The number of hydrogen-bond donors (Lipinski definition) is 2. The molecule has 1 aromatic heterocycles. The molecule has 3 rings (SSSR count). The largest absolute Gasteiger partial charge is 0.355 e. The summed E-state index contributed by atoms with van der Waals surface area (Å²) in [6.07, 6.45) is 2.93. The summed E-state index contributed by atoms with van der Waals surface area (Å²) in [5.74, 6) is 0.0722. The minimum Gasteiger partial charge on any atom is -0.355 e. The lowest BCUT2D eigenvalue weighted by molar-refractivity contribution is -0.384. The van der Waals surface area contributed by atoms with E-state index in [1.54, 1.807) is 23.5 Å². The molecule has 0 unspecified atom stereocenters. The fraction of sp³-hybridized carbons (Fsp3) is 0.353. The molecule has 2 N–H and O–H groups in total. The monoisotopic (exact) mass is 345 g/mol. The molecule has 2 aromatic rings. The van der Waals surface area contributed by atoms with Gasteiger partial charge in [-0.25, -0.2) is 0 Å². The highest BCUT2D eigenvalue weighted by atomic mass is 32.1. The van der Waals surface area contributed by atoms with Gasteiger partial charge in [0.1, 0.15) is 0 Å². The summed E-state index contributed by atoms with van der Waals surface area (Å²) in [6, 6.07) is 10.5. The zero-order valence-corrected chi connectivity index (χ0v) is 14.0. The molecule has 6 nitrogen and oxygen atoms in total. The molecule has 1 saturated heterocycles. The molecule has 1 aliphatic rings. The van der Waals surface area contributed by atoms with Crippen LogP contribution in [0.2, 0.25) is 0 Å². The van der Waals surface area contributed by atoms with Gasteiger partial charge in [0, 0.05) is 35.0 Å². The third kappa shape index (κ3) is 3.98. The van der Waals surface area contributed by atoms with Crippen molar-refractivity contribution in [3.05, 3.63) is 51.4 Å². The van der Waals surface area contributed by atoms with Gasteiger partial charge in [-0.05, 0) is 37.0 Å². The van der Waals surface area contributed by atoms with Crippen molar-refractivity contribution in [2.24, 2.45) is 0 Å². The van der Waals surface area contributed by atoms with Gasteiger partial charge >= 0.3 is 0 Å². The van der Waals surface area contributed by atoms with Crippen LogP contribution in [0.1, 0.15) is 24.1 Å². The average Bonchev–Trinajstić information content (AvgIpc) is 2.96. The molecule has 0 saturated carbocycles. The second-order valence-corrected chi connectivity index (χ2v) is 6.96. The predicted molar refractivity (Wildman–Crippen MR) is 93.9 cm³/mol. The van der Waals surface area contributed by atoms with Crippen LogP contribution >= 0.6 is 11.3 Å². The Balaban J connectivity index is 1.66. The number of benzene rings is 1. The van der Waals surface area contributed by atoms with E-state index in [0.29, 0.717) is 6.54 Å². The molecule has 7 heteroatoms. The van der Waals surface area contributed by atoms with Crippen LogP contribution in [0.15, 0.2) is 36.4 Å². The van der Waals surface area contributed by atoms with Crippen LogP contribution in [0, 0.1) is 10.1 Å². The van der Waals surface area contributed by atoms with Crippen molar-refractivity contribution in [2.75, 3.05) is 6.54 Å². The summed E-state index contributed by atoms with van der Waals surface area (Å²) in [4.78, 5) is 24.5. The number of hydrogen-bond acceptors (Lipinski definition) is 5. The number of nitrogens with zero attached hydrogens (tertiary/aromatic N) is 1. The minimum absolute atomic E-state index is 0.0722. The van der Waals surface area contributed by atoms with Gasteiger partial charge in [-0.15, -0.1) is 11.3 Å². The molecule has 1 atom stereocenters. The number of carbonyl (C=O) groups excluding carboxylic acids is 1. The summed E-state index contributed by atoms with van der Waals surface area (Å²) in [5.41, 5.74) is 0.934. The molecule has 0 aliphatic carbocycles. The SMILES string of the molecule is O=C1NCCCC[C@@H]1NCc1ccc(-c2cccc([N+](=O)[O-])c2)s1.